The van der Waals surface area contributed by atoms with Crippen molar-refractivity contribution in [2.45, 2.75) is 6.18 Å². The Labute approximate surface area is 140 Å². The molecule has 0 aromatic carbocycles. The highest BCUT2D eigenvalue weighted by Gasteiger charge is 2.37. The Kier molecular flexibility index (Phi) is 3.66. The van der Waals surface area contributed by atoms with Gasteiger partial charge >= 0.3 is 6.18 Å². The molecule has 3 aromatic heterocycles. The Morgan fingerprint density at radius 1 is 0.840 bits per heavy atom. The molecule has 0 spiro atoms. The van der Waals surface area contributed by atoms with Gasteiger partial charge in [-0.1, -0.05) is 6.07 Å². The molecule has 4 heterocycles. The summed E-state index contributed by atoms with van der Waals surface area (Å²) >= 11 is 0. The van der Waals surface area contributed by atoms with Crippen LogP contribution in [0.2, 0.25) is 0 Å². The number of aromatic nitrogens is 5. The van der Waals surface area contributed by atoms with E-state index in [-0.39, 0.29) is 5.65 Å². The summed E-state index contributed by atoms with van der Waals surface area (Å²) in [6, 6.07) is 8.88. The van der Waals surface area contributed by atoms with Crippen molar-refractivity contribution in [1.29, 1.82) is 0 Å². The van der Waals surface area contributed by atoms with Gasteiger partial charge in [0, 0.05) is 32.4 Å². The normalized spacial score (nSPS) is 15.8. The molecule has 1 saturated heterocycles. The molecule has 7 nitrogen and oxygen atoms in total. The van der Waals surface area contributed by atoms with Crippen molar-refractivity contribution in [2.24, 2.45) is 0 Å². The van der Waals surface area contributed by atoms with E-state index in [9.17, 15) is 13.2 Å². The first-order valence-electron chi connectivity index (χ1n) is 7.73. The fourth-order valence-electron chi connectivity index (χ4n) is 2.83. The lowest BCUT2D eigenvalue weighted by Gasteiger charge is -2.35. The molecular weight excluding hydrogens is 335 g/mol. The average Bonchev–Trinajstić information content (AvgIpc) is 3.06. The summed E-state index contributed by atoms with van der Waals surface area (Å²) in [6.07, 6.45) is -2.86. The number of rotatable bonds is 2. The van der Waals surface area contributed by atoms with Crippen LogP contribution >= 0.6 is 0 Å². The van der Waals surface area contributed by atoms with E-state index in [1.54, 1.807) is 12.3 Å². The molecule has 3 aromatic rings. The number of hydrogen-bond donors (Lipinski definition) is 0. The second kappa shape index (κ2) is 5.87. The summed E-state index contributed by atoms with van der Waals surface area (Å²) < 4.78 is 39.7. The van der Waals surface area contributed by atoms with Crippen LogP contribution in [0, 0.1) is 0 Å². The van der Waals surface area contributed by atoms with Crippen molar-refractivity contribution >= 4 is 17.3 Å². The first-order chi connectivity index (χ1) is 12.0. The van der Waals surface area contributed by atoms with E-state index in [4.69, 9.17) is 0 Å². The summed E-state index contributed by atoms with van der Waals surface area (Å²) in [5.41, 5.74) is 0.0724. The molecule has 25 heavy (non-hydrogen) atoms. The molecule has 0 aliphatic carbocycles. The van der Waals surface area contributed by atoms with Crippen LogP contribution in [0.15, 0.2) is 36.5 Å². The Morgan fingerprint density at radius 3 is 2.20 bits per heavy atom. The highest BCUT2D eigenvalue weighted by Crippen LogP contribution is 2.28. The molecule has 0 amide bonds. The second-order valence-electron chi connectivity index (χ2n) is 5.64. The Bertz CT molecular complexity index is 870. The molecule has 1 aliphatic rings. The van der Waals surface area contributed by atoms with E-state index in [0.29, 0.717) is 32.0 Å². The highest BCUT2D eigenvalue weighted by molar-refractivity contribution is 5.48. The standard InChI is InChI=1S/C15H14F3N7/c16-15(17,18)14-21-20-12-4-5-13(22-25(12)14)24-9-7-23(8-10-24)11-3-1-2-6-19-11/h1-6H,7-10H2. The predicted molar refractivity (Wildman–Crippen MR) is 84.4 cm³/mol. The van der Waals surface area contributed by atoms with Crippen LogP contribution in [0.3, 0.4) is 0 Å². The van der Waals surface area contributed by atoms with Crippen LogP contribution in [0.1, 0.15) is 5.82 Å². The predicted octanol–water partition coefficient (Wildman–Crippen LogP) is 1.86. The number of hydrogen-bond acceptors (Lipinski definition) is 6. The van der Waals surface area contributed by atoms with E-state index in [1.807, 2.05) is 23.1 Å². The SMILES string of the molecule is FC(F)(F)c1nnc2ccc(N3CCN(c4ccccn4)CC3)nn12. The van der Waals surface area contributed by atoms with Gasteiger partial charge in [-0.05, 0) is 24.3 Å². The molecular formula is C15H14F3N7. The van der Waals surface area contributed by atoms with Gasteiger partial charge < -0.3 is 9.80 Å². The van der Waals surface area contributed by atoms with Crippen molar-refractivity contribution in [3.63, 3.8) is 0 Å². The molecule has 0 atom stereocenters. The maximum Gasteiger partial charge on any atom is 0.453 e. The fourth-order valence-corrected chi connectivity index (χ4v) is 2.83. The topological polar surface area (TPSA) is 62.5 Å². The third-order valence-corrected chi connectivity index (χ3v) is 4.08. The number of anilines is 2. The van der Waals surface area contributed by atoms with Crippen LogP contribution in [0.5, 0.6) is 0 Å². The summed E-state index contributed by atoms with van der Waals surface area (Å²) in [6.45, 7) is 2.70. The van der Waals surface area contributed by atoms with Crippen molar-refractivity contribution in [3.8, 4) is 0 Å². The maximum absolute atomic E-state index is 13.0. The highest BCUT2D eigenvalue weighted by atomic mass is 19.4. The van der Waals surface area contributed by atoms with Crippen LogP contribution in [0.4, 0.5) is 24.8 Å². The lowest BCUT2D eigenvalue weighted by atomic mass is 10.3. The maximum atomic E-state index is 13.0. The van der Waals surface area contributed by atoms with E-state index < -0.39 is 12.0 Å². The number of halogens is 3. The molecule has 1 aliphatic heterocycles. The summed E-state index contributed by atoms with van der Waals surface area (Å²) in [5.74, 6) is 0.249. The second-order valence-corrected chi connectivity index (χ2v) is 5.64. The van der Waals surface area contributed by atoms with Crippen molar-refractivity contribution in [2.75, 3.05) is 36.0 Å². The Morgan fingerprint density at radius 2 is 1.56 bits per heavy atom. The molecule has 0 bridgehead atoms. The van der Waals surface area contributed by atoms with Gasteiger partial charge in [0.15, 0.2) is 5.65 Å². The lowest BCUT2D eigenvalue weighted by Crippen LogP contribution is -2.47. The third kappa shape index (κ3) is 2.94. The summed E-state index contributed by atoms with van der Waals surface area (Å²) in [4.78, 5) is 8.40. The molecule has 4 rings (SSSR count). The number of piperazine rings is 1. The minimum Gasteiger partial charge on any atom is -0.353 e. The van der Waals surface area contributed by atoms with Crippen LogP contribution < -0.4 is 9.80 Å². The van der Waals surface area contributed by atoms with Gasteiger partial charge in [-0.2, -0.15) is 17.7 Å². The Hall–Kier alpha value is -2.91. The van der Waals surface area contributed by atoms with Crippen LogP contribution in [-0.2, 0) is 6.18 Å². The van der Waals surface area contributed by atoms with E-state index >= 15 is 0 Å². The smallest absolute Gasteiger partial charge is 0.353 e. The van der Waals surface area contributed by atoms with Gasteiger partial charge in [-0.3, -0.25) is 0 Å². The van der Waals surface area contributed by atoms with Crippen molar-refractivity contribution in [1.82, 2.24) is 24.8 Å². The molecule has 0 saturated carbocycles. The van der Waals surface area contributed by atoms with Crippen LogP contribution in [0.25, 0.3) is 5.65 Å². The van der Waals surface area contributed by atoms with Gasteiger partial charge in [-0.25, -0.2) is 4.98 Å². The molecule has 0 radical (unpaired) electrons. The molecule has 10 heteroatoms. The minimum atomic E-state index is -4.59. The third-order valence-electron chi connectivity index (χ3n) is 4.08. The van der Waals surface area contributed by atoms with Gasteiger partial charge in [0.05, 0.1) is 0 Å². The first-order valence-corrected chi connectivity index (χ1v) is 7.73. The van der Waals surface area contributed by atoms with Gasteiger partial charge in [0.2, 0.25) is 0 Å². The monoisotopic (exact) mass is 349 g/mol. The summed E-state index contributed by atoms with van der Waals surface area (Å²) in [5, 5.41) is 10.8. The number of pyridine rings is 1. The van der Waals surface area contributed by atoms with E-state index in [2.05, 4.69) is 25.2 Å². The quantitative estimate of drug-likeness (QED) is 0.704. The van der Waals surface area contributed by atoms with Crippen LogP contribution in [-0.4, -0.2) is 51.0 Å². The minimum absolute atomic E-state index is 0.0724. The molecule has 130 valence electrons. The summed E-state index contributed by atoms with van der Waals surface area (Å²) in [7, 11) is 0. The zero-order valence-electron chi connectivity index (χ0n) is 13.1. The van der Waals surface area contributed by atoms with Crippen molar-refractivity contribution < 1.29 is 13.2 Å². The number of fused-ring (bicyclic) bond motifs is 1. The van der Waals surface area contributed by atoms with Gasteiger partial charge in [-0.15, -0.1) is 15.3 Å². The van der Waals surface area contributed by atoms with E-state index in [0.717, 1.165) is 10.3 Å². The molecule has 0 unspecified atom stereocenters. The lowest BCUT2D eigenvalue weighted by molar-refractivity contribution is -0.146. The number of nitrogens with zero attached hydrogens (tertiary/aromatic N) is 7. The largest absolute Gasteiger partial charge is 0.453 e. The average molecular weight is 349 g/mol. The number of alkyl halides is 3. The molecule has 0 N–H and O–H groups in total. The zero-order valence-corrected chi connectivity index (χ0v) is 13.1. The van der Waals surface area contributed by atoms with Gasteiger partial charge in [0.25, 0.3) is 5.82 Å². The molecule has 1 fully saturated rings. The van der Waals surface area contributed by atoms with E-state index in [1.165, 1.54) is 6.07 Å². The zero-order chi connectivity index (χ0) is 17.4. The Balaban J connectivity index is 1.55. The van der Waals surface area contributed by atoms with Gasteiger partial charge in [0.1, 0.15) is 11.6 Å². The fraction of sp³-hybridized carbons (Fsp3) is 0.333. The first kappa shape index (κ1) is 15.6. The van der Waals surface area contributed by atoms with Crippen molar-refractivity contribution in [3.05, 3.63) is 42.4 Å².